The van der Waals surface area contributed by atoms with Gasteiger partial charge in [-0.05, 0) is 105 Å². The summed E-state index contributed by atoms with van der Waals surface area (Å²) in [7, 11) is -3.62. The first-order chi connectivity index (χ1) is 27.0. The van der Waals surface area contributed by atoms with E-state index < -0.39 is 7.82 Å². The lowest BCUT2D eigenvalue weighted by molar-refractivity contribution is 0.0812. The molecule has 0 bridgehead atoms. The molecular formula is C41H52N7O7P. The van der Waals surface area contributed by atoms with Crippen LogP contribution in [0.15, 0.2) is 60.8 Å². The maximum absolute atomic E-state index is 13.7. The van der Waals surface area contributed by atoms with Crippen LogP contribution in [0.2, 0.25) is 0 Å². The number of likely N-dealkylation sites (tertiary alicyclic amines) is 2. The molecule has 3 aliphatic heterocycles. The third kappa shape index (κ3) is 8.97. The number of benzene rings is 2. The van der Waals surface area contributed by atoms with Crippen molar-refractivity contribution in [3.63, 3.8) is 0 Å². The van der Waals surface area contributed by atoms with Gasteiger partial charge in [-0.2, -0.15) is 5.10 Å². The Kier molecular flexibility index (Phi) is 12.5. The van der Waals surface area contributed by atoms with E-state index in [1.54, 1.807) is 26.1 Å². The highest BCUT2D eigenvalue weighted by molar-refractivity contribution is 7.48. The molecule has 7 rings (SSSR count). The molecule has 2 amide bonds. The summed E-state index contributed by atoms with van der Waals surface area (Å²) in [5.74, 6) is -0.597. The third-order valence-corrected chi connectivity index (χ3v) is 12.6. The number of carbonyl (C=O) groups is 2. The van der Waals surface area contributed by atoms with Gasteiger partial charge in [-0.1, -0.05) is 30.3 Å². The fourth-order valence-electron chi connectivity index (χ4n) is 8.03. The van der Waals surface area contributed by atoms with Crippen LogP contribution in [-0.2, 0) is 31.2 Å². The zero-order chi connectivity index (χ0) is 39.4. The second-order valence-corrected chi connectivity index (χ2v) is 16.3. The largest absolute Gasteiger partial charge is 0.475 e. The van der Waals surface area contributed by atoms with Crippen LogP contribution in [0.3, 0.4) is 0 Å². The fraction of sp³-hybridized carbons (Fsp3) is 0.463. The number of hydrogen-bond acceptors (Lipinski definition) is 11. The minimum atomic E-state index is -3.62. The van der Waals surface area contributed by atoms with Gasteiger partial charge in [-0.25, -0.2) is 4.57 Å². The topological polar surface area (TPSA) is 160 Å². The Hall–Kier alpha value is -4.27. The van der Waals surface area contributed by atoms with E-state index in [9.17, 15) is 19.3 Å². The highest BCUT2D eigenvalue weighted by atomic mass is 31.2. The van der Waals surface area contributed by atoms with Gasteiger partial charge >= 0.3 is 7.82 Å². The average molecular weight is 786 g/mol. The van der Waals surface area contributed by atoms with Crippen LogP contribution in [0.1, 0.15) is 88.9 Å². The number of phosphoric ester groups is 1. The number of pyridine rings is 1. The van der Waals surface area contributed by atoms with Crippen molar-refractivity contribution in [3.05, 3.63) is 94.6 Å². The number of aliphatic hydroxyl groups excluding tert-OH is 1. The van der Waals surface area contributed by atoms with E-state index in [0.717, 1.165) is 72.4 Å². The lowest BCUT2D eigenvalue weighted by Gasteiger charge is -2.31. The molecule has 2 fully saturated rings. The third-order valence-electron chi connectivity index (χ3n) is 10.9. The number of aryl methyl sites for hydroxylation is 1. The van der Waals surface area contributed by atoms with E-state index in [4.69, 9.17) is 18.7 Å². The molecular weight excluding hydrogens is 733 g/mol. The van der Waals surface area contributed by atoms with Crippen LogP contribution in [-0.4, -0.2) is 93.1 Å². The van der Waals surface area contributed by atoms with Crippen LogP contribution >= 0.6 is 7.82 Å². The van der Waals surface area contributed by atoms with Crippen molar-refractivity contribution in [2.75, 3.05) is 50.0 Å². The van der Waals surface area contributed by atoms with E-state index in [-0.39, 0.29) is 43.3 Å². The van der Waals surface area contributed by atoms with Crippen LogP contribution < -0.4 is 10.6 Å². The Bertz CT molecular complexity index is 2080. The molecule has 2 aromatic heterocycles. The number of carbonyl (C=O) groups excluding carboxylic acids is 2. The van der Waals surface area contributed by atoms with Crippen molar-refractivity contribution in [3.8, 4) is 11.1 Å². The first kappa shape index (κ1) is 39.9. The van der Waals surface area contributed by atoms with E-state index in [0.29, 0.717) is 48.8 Å². The van der Waals surface area contributed by atoms with E-state index in [1.165, 1.54) is 0 Å². The van der Waals surface area contributed by atoms with Gasteiger partial charge in [0.1, 0.15) is 5.69 Å². The number of β-amino-alcohol motifs (C(OH)–C–C–N with tert-alkyl or cyclic N) is 1. The average Bonchev–Trinajstić information content (AvgIpc) is 3.94. The number of hydrogen-bond donors (Lipinski definition) is 3. The summed E-state index contributed by atoms with van der Waals surface area (Å²) >= 11 is 0. The molecule has 3 atom stereocenters. The van der Waals surface area contributed by atoms with Gasteiger partial charge < -0.3 is 15.7 Å². The quantitative estimate of drug-likeness (QED) is 0.116. The number of anilines is 2. The first-order valence-corrected chi connectivity index (χ1v) is 21.1. The van der Waals surface area contributed by atoms with Gasteiger partial charge in [0, 0.05) is 56.8 Å². The monoisotopic (exact) mass is 785 g/mol. The molecule has 2 aromatic carbocycles. The molecule has 2 saturated heterocycles. The molecule has 0 radical (unpaired) electrons. The van der Waals surface area contributed by atoms with Crippen molar-refractivity contribution in [1.29, 1.82) is 0 Å². The molecule has 15 heteroatoms. The summed E-state index contributed by atoms with van der Waals surface area (Å²) < 4.78 is 31.5. The van der Waals surface area contributed by atoms with Gasteiger partial charge in [0.05, 0.1) is 37.2 Å². The van der Waals surface area contributed by atoms with Gasteiger partial charge in [0.15, 0.2) is 5.69 Å². The maximum atomic E-state index is 13.7. The van der Waals surface area contributed by atoms with Gasteiger partial charge in [0.2, 0.25) is 0 Å². The van der Waals surface area contributed by atoms with Crippen LogP contribution in [0.5, 0.6) is 0 Å². The molecule has 56 heavy (non-hydrogen) atoms. The van der Waals surface area contributed by atoms with Crippen molar-refractivity contribution >= 4 is 31.0 Å². The van der Waals surface area contributed by atoms with Crippen molar-refractivity contribution in [2.24, 2.45) is 0 Å². The lowest BCUT2D eigenvalue weighted by Crippen LogP contribution is -2.32. The molecule has 3 aliphatic rings. The molecule has 0 spiro atoms. The van der Waals surface area contributed by atoms with Gasteiger partial charge in [-0.15, -0.1) is 0 Å². The Labute approximate surface area is 328 Å². The molecule has 5 heterocycles. The summed E-state index contributed by atoms with van der Waals surface area (Å²) in [4.78, 5) is 35.9. The molecule has 0 unspecified atom stereocenters. The molecule has 4 aromatic rings. The molecule has 14 nitrogen and oxygen atoms in total. The number of aromatic nitrogens is 3. The van der Waals surface area contributed by atoms with Crippen molar-refractivity contribution in [1.82, 2.24) is 24.6 Å². The van der Waals surface area contributed by atoms with E-state index in [1.807, 2.05) is 67.1 Å². The van der Waals surface area contributed by atoms with Crippen molar-refractivity contribution in [2.45, 2.75) is 84.7 Å². The summed E-state index contributed by atoms with van der Waals surface area (Å²) in [6.45, 7) is 12.2. The number of aliphatic hydroxyl groups is 1. The predicted octanol–water partition coefficient (Wildman–Crippen LogP) is 6.74. The Morgan fingerprint density at radius 2 is 1.54 bits per heavy atom. The molecule has 0 aliphatic carbocycles. The molecule has 298 valence electrons. The number of amides is 2. The minimum absolute atomic E-state index is 0.0524. The number of fused-ring (bicyclic) bond motifs is 1. The summed E-state index contributed by atoms with van der Waals surface area (Å²) in [5, 5.41) is 20.7. The van der Waals surface area contributed by atoms with E-state index in [2.05, 4.69) is 25.4 Å². The summed E-state index contributed by atoms with van der Waals surface area (Å²) in [6.07, 6.45) is 4.47. The Morgan fingerprint density at radius 3 is 2.14 bits per heavy atom. The molecule has 3 N–H and O–H groups in total. The lowest BCUT2D eigenvalue weighted by atomic mass is 9.94. The highest BCUT2D eigenvalue weighted by Crippen LogP contribution is 2.51. The second kappa shape index (κ2) is 17.5. The smallest absolute Gasteiger partial charge is 0.392 e. The van der Waals surface area contributed by atoms with Crippen LogP contribution in [0.4, 0.5) is 11.4 Å². The normalized spacial score (nSPS) is 20.3. The predicted molar refractivity (Wildman–Crippen MR) is 214 cm³/mol. The highest BCUT2D eigenvalue weighted by Gasteiger charge is 2.38. The zero-order valence-electron chi connectivity index (χ0n) is 32.6. The zero-order valence-corrected chi connectivity index (χ0v) is 33.5. The van der Waals surface area contributed by atoms with Gasteiger partial charge in [-0.3, -0.25) is 42.6 Å². The first-order valence-electron chi connectivity index (χ1n) is 19.6. The summed E-state index contributed by atoms with van der Waals surface area (Å²) in [5.41, 5.74) is 7.61. The summed E-state index contributed by atoms with van der Waals surface area (Å²) in [6, 6.07) is 17.1. The second-order valence-electron chi connectivity index (χ2n) is 14.7. The Morgan fingerprint density at radius 1 is 0.857 bits per heavy atom. The van der Waals surface area contributed by atoms with Crippen LogP contribution in [0, 0.1) is 13.8 Å². The standard InChI is InChI=1S/C41H52N7O7P/c1-5-53-56(52,54-6-2)55-31-18-21-47(26-31)38-14-9-19-48-39(38)22-37(45-48)41(51)44-35-13-8-11-33(28(35)4)32-10-7-12-34(27(32)3)43-40(50)36-16-15-29(23-42-36)24-46-20-17-30(49)25-46/h7-8,10-13,15-16,22-23,30-31,38,49H,5-6,9,14,17-21,24-26H2,1-4H3,(H,43,50)(H,44,51)/t30-,31-,38+/m1/s1. The number of nitrogens with zero attached hydrogens (tertiary/aromatic N) is 5. The van der Waals surface area contributed by atoms with Crippen molar-refractivity contribution < 1.29 is 32.8 Å². The van der Waals surface area contributed by atoms with Crippen LogP contribution in [0.25, 0.3) is 11.1 Å². The number of rotatable bonds is 14. The SMILES string of the molecule is CCOP(=O)(OCC)O[C@@H]1CCN([C@H]2CCCn3nc(C(=O)Nc4cccc(-c5cccc(NC(=O)c6ccc(CN7CC[C@@H](O)C7)cn6)c5C)c4C)cc32)C1. The van der Waals surface area contributed by atoms with Gasteiger partial charge in [0.25, 0.3) is 11.8 Å². The minimum Gasteiger partial charge on any atom is -0.392 e. The number of phosphoric acid groups is 1. The fourth-order valence-corrected chi connectivity index (χ4v) is 9.39. The Balaban J connectivity index is 1.01. The van der Waals surface area contributed by atoms with E-state index >= 15 is 0 Å². The number of nitrogens with one attached hydrogen (secondary N) is 2. The molecule has 0 saturated carbocycles. The maximum Gasteiger partial charge on any atom is 0.475 e.